The van der Waals surface area contributed by atoms with Crippen LogP contribution in [0.3, 0.4) is 0 Å². The highest BCUT2D eigenvalue weighted by molar-refractivity contribution is 7.16. The first-order chi connectivity index (χ1) is 9.20. The molecule has 1 aliphatic rings. The van der Waals surface area contributed by atoms with Crippen LogP contribution < -0.4 is 10.5 Å². The predicted octanol–water partition coefficient (Wildman–Crippen LogP) is 4.19. The highest BCUT2D eigenvalue weighted by Gasteiger charge is 2.23. The second-order valence-corrected chi connectivity index (χ2v) is 6.17. The van der Waals surface area contributed by atoms with E-state index in [0.29, 0.717) is 6.61 Å². The zero-order valence-electron chi connectivity index (χ0n) is 11.5. The largest absolute Gasteiger partial charge is 0.493 e. The zero-order valence-corrected chi connectivity index (χ0v) is 12.3. The monoisotopic (exact) mass is 273 g/mol. The van der Waals surface area contributed by atoms with Crippen LogP contribution in [0.2, 0.25) is 0 Å². The molecule has 0 unspecified atom stereocenters. The van der Waals surface area contributed by atoms with E-state index in [1.54, 1.807) is 11.3 Å². The second-order valence-electron chi connectivity index (χ2n) is 5.03. The number of thiophene rings is 1. The number of hydrogen-bond donors (Lipinski definition) is 1. The third kappa shape index (κ3) is 2.12. The lowest BCUT2D eigenvalue weighted by molar-refractivity contribution is 0.341. The Morgan fingerprint density at radius 3 is 2.95 bits per heavy atom. The third-order valence-electron chi connectivity index (χ3n) is 3.65. The Kier molecular flexibility index (Phi) is 3.23. The van der Waals surface area contributed by atoms with Crippen LogP contribution in [0.1, 0.15) is 29.3 Å². The Hall–Kier alpha value is -1.48. The second kappa shape index (κ2) is 4.89. The molecule has 100 valence electrons. The molecule has 0 radical (unpaired) electrons. The van der Waals surface area contributed by atoms with Crippen LogP contribution in [0.4, 0.5) is 5.00 Å². The molecule has 19 heavy (non-hydrogen) atoms. The van der Waals surface area contributed by atoms with E-state index in [9.17, 15) is 0 Å². The van der Waals surface area contributed by atoms with Crippen LogP contribution in [-0.2, 0) is 12.8 Å². The van der Waals surface area contributed by atoms with Crippen molar-refractivity contribution in [3.8, 4) is 16.9 Å². The maximum atomic E-state index is 6.26. The summed E-state index contributed by atoms with van der Waals surface area (Å²) in [6.07, 6.45) is 3.59. The fraction of sp³-hybridized carbons (Fsp3) is 0.375. The van der Waals surface area contributed by atoms with Gasteiger partial charge in [0.25, 0.3) is 0 Å². The number of benzene rings is 1. The number of nitrogen functional groups attached to an aromatic ring is 1. The average Bonchev–Trinajstić information content (AvgIpc) is 2.92. The van der Waals surface area contributed by atoms with Gasteiger partial charge in [-0.2, -0.15) is 0 Å². The SMILES string of the molecule is CCOc1ccc(C)cc1-c1c(N)sc2c1CCC2. The van der Waals surface area contributed by atoms with Crippen LogP contribution in [0.25, 0.3) is 11.1 Å². The lowest BCUT2D eigenvalue weighted by Crippen LogP contribution is -1.96. The summed E-state index contributed by atoms with van der Waals surface area (Å²) >= 11 is 1.75. The average molecular weight is 273 g/mol. The molecule has 0 aliphatic heterocycles. The Morgan fingerprint density at radius 2 is 2.16 bits per heavy atom. The van der Waals surface area contributed by atoms with Crippen molar-refractivity contribution in [2.75, 3.05) is 12.3 Å². The molecule has 3 rings (SSSR count). The van der Waals surface area contributed by atoms with Gasteiger partial charge in [0.1, 0.15) is 5.75 Å². The van der Waals surface area contributed by atoms with Crippen molar-refractivity contribution in [2.24, 2.45) is 0 Å². The lowest BCUT2D eigenvalue weighted by Gasteiger charge is -2.12. The van der Waals surface area contributed by atoms with Gasteiger partial charge in [0.15, 0.2) is 0 Å². The van der Waals surface area contributed by atoms with E-state index in [0.717, 1.165) is 17.2 Å². The van der Waals surface area contributed by atoms with E-state index in [4.69, 9.17) is 10.5 Å². The number of rotatable bonds is 3. The van der Waals surface area contributed by atoms with Gasteiger partial charge < -0.3 is 10.5 Å². The lowest BCUT2D eigenvalue weighted by atomic mass is 9.99. The number of hydrogen-bond acceptors (Lipinski definition) is 3. The van der Waals surface area contributed by atoms with E-state index >= 15 is 0 Å². The van der Waals surface area contributed by atoms with Gasteiger partial charge in [0.2, 0.25) is 0 Å². The number of anilines is 1. The minimum Gasteiger partial charge on any atom is -0.493 e. The van der Waals surface area contributed by atoms with Crippen molar-refractivity contribution >= 4 is 16.3 Å². The van der Waals surface area contributed by atoms with Gasteiger partial charge in [-0.1, -0.05) is 11.6 Å². The molecule has 0 spiro atoms. The van der Waals surface area contributed by atoms with E-state index in [1.807, 2.05) is 6.92 Å². The molecule has 0 atom stereocenters. The van der Waals surface area contributed by atoms with Gasteiger partial charge in [-0.15, -0.1) is 11.3 Å². The van der Waals surface area contributed by atoms with Gasteiger partial charge in [0, 0.05) is 16.0 Å². The Bertz CT molecular complexity index is 615. The van der Waals surface area contributed by atoms with Gasteiger partial charge in [0.05, 0.1) is 11.6 Å². The van der Waals surface area contributed by atoms with Gasteiger partial charge in [-0.25, -0.2) is 0 Å². The summed E-state index contributed by atoms with van der Waals surface area (Å²) in [6, 6.07) is 6.35. The zero-order chi connectivity index (χ0) is 13.4. The summed E-state index contributed by atoms with van der Waals surface area (Å²) < 4.78 is 5.78. The van der Waals surface area contributed by atoms with E-state index < -0.39 is 0 Å². The predicted molar refractivity (Wildman–Crippen MR) is 82.1 cm³/mol. The topological polar surface area (TPSA) is 35.2 Å². The highest BCUT2D eigenvalue weighted by atomic mass is 32.1. The maximum absolute atomic E-state index is 6.26. The van der Waals surface area contributed by atoms with Crippen molar-refractivity contribution in [2.45, 2.75) is 33.1 Å². The van der Waals surface area contributed by atoms with Crippen molar-refractivity contribution < 1.29 is 4.74 Å². The van der Waals surface area contributed by atoms with Crippen molar-refractivity contribution in [3.05, 3.63) is 34.2 Å². The van der Waals surface area contributed by atoms with Crippen LogP contribution in [0.5, 0.6) is 5.75 Å². The normalized spacial score (nSPS) is 13.6. The molecule has 2 nitrogen and oxygen atoms in total. The van der Waals surface area contributed by atoms with Crippen molar-refractivity contribution in [3.63, 3.8) is 0 Å². The number of nitrogens with two attached hydrogens (primary N) is 1. The summed E-state index contributed by atoms with van der Waals surface area (Å²) in [5.41, 5.74) is 11.4. The molecule has 2 N–H and O–H groups in total. The van der Waals surface area contributed by atoms with E-state index in [1.165, 1.54) is 40.0 Å². The van der Waals surface area contributed by atoms with E-state index in [2.05, 4.69) is 25.1 Å². The fourth-order valence-corrected chi connectivity index (χ4v) is 4.02. The van der Waals surface area contributed by atoms with Crippen molar-refractivity contribution in [1.29, 1.82) is 0 Å². The molecule has 0 saturated carbocycles. The summed E-state index contributed by atoms with van der Waals surface area (Å²) in [5, 5.41) is 0.941. The summed E-state index contributed by atoms with van der Waals surface area (Å²) in [7, 11) is 0. The van der Waals surface area contributed by atoms with Crippen LogP contribution in [-0.4, -0.2) is 6.61 Å². The molecule has 1 heterocycles. The van der Waals surface area contributed by atoms with Crippen molar-refractivity contribution in [1.82, 2.24) is 0 Å². The molecule has 0 fully saturated rings. The summed E-state index contributed by atoms with van der Waals surface area (Å²) in [6.45, 7) is 4.81. The molecule has 1 aromatic heterocycles. The summed E-state index contributed by atoms with van der Waals surface area (Å²) in [4.78, 5) is 1.47. The molecule has 1 aliphatic carbocycles. The highest BCUT2D eigenvalue weighted by Crippen LogP contribution is 2.46. The molecular weight excluding hydrogens is 254 g/mol. The number of aryl methyl sites for hydroxylation is 2. The first-order valence-corrected chi connectivity index (χ1v) is 7.66. The van der Waals surface area contributed by atoms with Crippen LogP contribution in [0, 0.1) is 6.92 Å². The molecule has 0 bridgehead atoms. The Labute approximate surface area is 118 Å². The summed E-state index contributed by atoms with van der Waals surface area (Å²) in [5.74, 6) is 0.951. The fourth-order valence-electron chi connectivity index (χ4n) is 2.84. The molecule has 0 amide bonds. The Balaban J connectivity index is 2.18. The molecule has 1 aromatic carbocycles. The number of ether oxygens (including phenoxy) is 1. The van der Waals surface area contributed by atoms with Crippen LogP contribution in [0.15, 0.2) is 18.2 Å². The molecule has 3 heteroatoms. The smallest absolute Gasteiger partial charge is 0.127 e. The minimum absolute atomic E-state index is 0.683. The number of fused-ring (bicyclic) bond motifs is 1. The Morgan fingerprint density at radius 1 is 1.32 bits per heavy atom. The van der Waals surface area contributed by atoms with E-state index in [-0.39, 0.29) is 0 Å². The van der Waals surface area contributed by atoms with Gasteiger partial charge >= 0.3 is 0 Å². The molecule has 0 saturated heterocycles. The third-order valence-corrected chi connectivity index (χ3v) is 4.77. The van der Waals surface area contributed by atoms with Gasteiger partial charge in [-0.05, 0) is 50.8 Å². The van der Waals surface area contributed by atoms with Gasteiger partial charge in [-0.3, -0.25) is 0 Å². The maximum Gasteiger partial charge on any atom is 0.127 e. The quantitative estimate of drug-likeness (QED) is 0.910. The minimum atomic E-state index is 0.683. The first kappa shape index (κ1) is 12.5. The molecule has 2 aromatic rings. The molecular formula is C16H19NOS. The first-order valence-electron chi connectivity index (χ1n) is 6.84. The standard InChI is InChI=1S/C16H19NOS/c1-3-18-13-8-7-10(2)9-12(13)15-11-5-4-6-14(11)19-16(15)17/h7-9H,3-6,17H2,1-2H3. The van der Waals surface area contributed by atoms with Crippen LogP contribution >= 0.6 is 11.3 Å².